The van der Waals surface area contributed by atoms with E-state index in [0.717, 1.165) is 32.5 Å². The first-order valence-electron chi connectivity index (χ1n) is 6.81. The van der Waals surface area contributed by atoms with Gasteiger partial charge < -0.3 is 10.0 Å². The molecule has 2 aliphatic rings. The van der Waals surface area contributed by atoms with Gasteiger partial charge in [0.05, 0.1) is 6.10 Å². The molecule has 0 radical (unpaired) electrons. The number of aliphatic hydroxyl groups excluding tert-OH is 1. The third-order valence-corrected chi connectivity index (χ3v) is 4.39. The molecule has 1 saturated heterocycles. The smallest absolute Gasteiger partial charge is 0.139 e. The Hall–Kier alpha value is -0.410. The Kier molecular flexibility index (Phi) is 3.60. The Morgan fingerprint density at radius 3 is 2.59 bits per heavy atom. The fraction of sp³-hybridized carbons (Fsp3) is 0.929. The highest BCUT2D eigenvalue weighted by Crippen LogP contribution is 2.38. The Bertz CT molecular complexity index is 295. The minimum absolute atomic E-state index is 0.0942. The van der Waals surface area contributed by atoms with E-state index >= 15 is 0 Å². The quantitative estimate of drug-likeness (QED) is 0.815. The summed E-state index contributed by atoms with van der Waals surface area (Å²) in [4.78, 5) is 14.2. The first-order valence-corrected chi connectivity index (χ1v) is 6.81. The molecule has 0 aromatic heterocycles. The number of nitrogens with zero attached hydrogens (tertiary/aromatic N) is 1. The van der Waals surface area contributed by atoms with Gasteiger partial charge in [-0.15, -0.1) is 0 Å². The molecule has 3 atom stereocenters. The van der Waals surface area contributed by atoms with Crippen LogP contribution in [-0.4, -0.2) is 41.5 Å². The molecule has 98 valence electrons. The topological polar surface area (TPSA) is 40.5 Å². The number of hydrogen-bond acceptors (Lipinski definition) is 3. The predicted octanol–water partition coefficient (Wildman–Crippen LogP) is 1.69. The molecule has 0 amide bonds. The number of carbonyl (C=O) groups excluding carboxylic acids is 1. The standard InChI is InChI=1S/C14H25NO2/c1-14(2,3)13(17)6-7-15-8-10-4-5-12(16)11(10)9-15/h10-12,16H,4-9H2,1-3H3. The first-order chi connectivity index (χ1) is 7.88. The van der Waals surface area contributed by atoms with Crippen LogP contribution in [0.1, 0.15) is 40.0 Å². The van der Waals surface area contributed by atoms with Crippen molar-refractivity contribution in [1.82, 2.24) is 4.90 Å². The van der Waals surface area contributed by atoms with Crippen molar-refractivity contribution in [3.63, 3.8) is 0 Å². The van der Waals surface area contributed by atoms with E-state index in [0.29, 0.717) is 24.0 Å². The van der Waals surface area contributed by atoms with Crippen LogP contribution in [0.2, 0.25) is 0 Å². The van der Waals surface area contributed by atoms with Crippen LogP contribution in [0.25, 0.3) is 0 Å². The lowest BCUT2D eigenvalue weighted by Crippen LogP contribution is -2.30. The molecule has 1 heterocycles. The van der Waals surface area contributed by atoms with Crippen LogP contribution in [0.3, 0.4) is 0 Å². The zero-order valence-electron chi connectivity index (χ0n) is 11.3. The lowest BCUT2D eigenvalue weighted by atomic mass is 9.89. The summed E-state index contributed by atoms with van der Waals surface area (Å²) in [5.74, 6) is 1.49. The van der Waals surface area contributed by atoms with Gasteiger partial charge in [-0.3, -0.25) is 4.79 Å². The van der Waals surface area contributed by atoms with Crippen LogP contribution in [0.4, 0.5) is 0 Å². The van der Waals surface area contributed by atoms with Crippen molar-refractivity contribution >= 4 is 5.78 Å². The number of fused-ring (bicyclic) bond motifs is 1. The molecule has 0 spiro atoms. The van der Waals surface area contributed by atoms with Crippen molar-refractivity contribution in [1.29, 1.82) is 0 Å². The van der Waals surface area contributed by atoms with Crippen LogP contribution in [-0.2, 0) is 4.79 Å². The van der Waals surface area contributed by atoms with Gasteiger partial charge in [-0.1, -0.05) is 20.8 Å². The maximum atomic E-state index is 11.9. The van der Waals surface area contributed by atoms with Gasteiger partial charge in [0, 0.05) is 37.4 Å². The highest BCUT2D eigenvalue weighted by atomic mass is 16.3. The second kappa shape index (κ2) is 4.69. The van der Waals surface area contributed by atoms with Crippen molar-refractivity contribution in [2.45, 2.75) is 46.1 Å². The first kappa shape index (κ1) is 13.0. The lowest BCUT2D eigenvalue weighted by molar-refractivity contribution is -0.126. The van der Waals surface area contributed by atoms with Crippen molar-refractivity contribution in [3.05, 3.63) is 0 Å². The van der Waals surface area contributed by atoms with Gasteiger partial charge in [0.25, 0.3) is 0 Å². The van der Waals surface area contributed by atoms with E-state index in [9.17, 15) is 9.90 Å². The van der Waals surface area contributed by atoms with E-state index in [-0.39, 0.29) is 11.5 Å². The highest BCUT2D eigenvalue weighted by Gasteiger charge is 2.41. The van der Waals surface area contributed by atoms with Crippen molar-refractivity contribution < 1.29 is 9.90 Å². The molecular weight excluding hydrogens is 214 g/mol. The Morgan fingerprint density at radius 1 is 1.29 bits per heavy atom. The van der Waals surface area contributed by atoms with Crippen molar-refractivity contribution in [3.8, 4) is 0 Å². The monoisotopic (exact) mass is 239 g/mol. The number of Topliss-reactive ketones (excluding diaryl/α,β-unsaturated/α-hetero) is 1. The molecular formula is C14H25NO2. The summed E-state index contributed by atoms with van der Waals surface area (Å²) in [6.07, 6.45) is 2.70. The fourth-order valence-electron chi connectivity index (χ4n) is 3.15. The summed E-state index contributed by atoms with van der Waals surface area (Å²) in [5, 5.41) is 9.83. The zero-order chi connectivity index (χ0) is 12.6. The second-order valence-electron chi connectivity index (χ2n) is 6.75. The lowest BCUT2D eigenvalue weighted by Gasteiger charge is -2.21. The molecule has 17 heavy (non-hydrogen) atoms. The second-order valence-corrected chi connectivity index (χ2v) is 6.75. The van der Waals surface area contributed by atoms with E-state index in [2.05, 4.69) is 4.90 Å². The predicted molar refractivity (Wildman–Crippen MR) is 67.7 cm³/mol. The number of rotatable bonds is 3. The third kappa shape index (κ3) is 2.89. The molecule has 0 aromatic carbocycles. The number of likely N-dealkylation sites (tertiary alicyclic amines) is 1. The summed E-state index contributed by atoms with van der Waals surface area (Å²) < 4.78 is 0. The third-order valence-electron chi connectivity index (χ3n) is 4.39. The number of hydrogen-bond donors (Lipinski definition) is 1. The fourth-order valence-corrected chi connectivity index (χ4v) is 3.15. The molecule has 1 aliphatic carbocycles. The summed E-state index contributed by atoms with van der Waals surface area (Å²) in [7, 11) is 0. The molecule has 3 nitrogen and oxygen atoms in total. The van der Waals surface area contributed by atoms with Gasteiger partial charge in [-0.05, 0) is 18.8 Å². The van der Waals surface area contributed by atoms with E-state index in [1.54, 1.807) is 0 Å². The van der Waals surface area contributed by atoms with Crippen molar-refractivity contribution in [2.75, 3.05) is 19.6 Å². The van der Waals surface area contributed by atoms with Gasteiger partial charge in [0.15, 0.2) is 0 Å². The molecule has 3 heteroatoms. The van der Waals surface area contributed by atoms with Crippen LogP contribution in [0.5, 0.6) is 0 Å². The Morgan fingerprint density at radius 2 is 2.00 bits per heavy atom. The van der Waals surface area contributed by atoms with E-state index in [4.69, 9.17) is 0 Å². The van der Waals surface area contributed by atoms with E-state index in [1.165, 1.54) is 0 Å². The number of carbonyl (C=O) groups is 1. The zero-order valence-corrected chi connectivity index (χ0v) is 11.3. The summed E-state index contributed by atoms with van der Waals surface area (Å²) in [6.45, 7) is 8.89. The normalized spacial score (nSPS) is 34.0. The highest BCUT2D eigenvalue weighted by molar-refractivity contribution is 5.83. The van der Waals surface area contributed by atoms with Crippen LogP contribution < -0.4 is 0 Å². The molecule has 1 aliphatic heterocycles. The molecule has 0 bridgehead atoms. The summed E-state index contributed by atoms with van der Waals surface area (Å²) in [6, 6.07) is 0. The number of ketones is 1. The Labute approximate surface area is 104 Å². The van der Waals surface area contributed by atoms with Crippen LogP contribution in [0, 0.1) is 17.3 Å². The van der Waals surface area contributed by atoms with Gasteiger partial charge in [-0.2, -0.15) is 0 Å². The van der Waals surface area contributed by atoms with Gasteiger partial charge in [0.1, 0.15) is 5.78 Å². The molecule has 3 unspecified atom stereocenters. The Balaban J connectivity index is 1.78. The average molecular weight is 239 g/mol. The van der Waals surface area contributed by atoms with Crippen LogP contribution in [0.15, 0.2) is 0 Å². The summed E-state index contributed by atoms with van der Waals surface area (Å²) in [5.41, 5.74) is -0.213. The molecule has 1 N–H and O–H groups in total. The summed E-state index contributed by atoms with van der Waals surface area (Å²) >= 11 is 0. The molecule has 2 fully saturated rings. The van der Waals surface area contributed by atoms with Gasteiger partial charge in [0.2, 0.25) is 0 Å². The molecule has 2 rings (SSSR count). The van der Waals surface area contributed by atoms with Crippen LogP contribution >= 0.6 is 0 Å². The van der Waals surface area contributed by atoms with Gasteiger partial charge in [-0.25, -0.2) is 0 Å². The minimum Gasteiger partial charge on any atom is -0.393 e. The SMILES string of the molecule is CC(C)(C)C(=O)CCN1CC2CCC(O)C2C1. The van der Waals surface area contributed by atoms with Crippen molar-refractivity contribution in [2.24, 2.45) is 17.3 Å². The maximum absolute atomic E-state index is 11.9. The van der Waals surface area contributed by atoms with E-state index < -0.39 is 0 Å². The average Bonchev–Trinajstić information content (AvgIpc) is 2.76. The molecule has 0 aromatic rings. The largest absolute Gasteiger partial charge is 0.393 e. The molecule has 1 saturated carbocycles. The van der Waals surface area contributed by atoms with E-state index in [1.807, 2.05) is 20.8 Å². The number of aliphatic hydroxyl groups is 1. The minimum atomic E-state index is -0.213. The van der Waals surface area contributed by atoms with Gasteiger partial charge >= 0.3 is 0 Å². The maximum Gasteiger partial charge on any atom is 0.139 e.